The van der Waals surface area contributed by atoms with Crippen LogP contribution in [0.15, 0.2) is 0 Å². The number of nitrogens with zero attached hydrogens (tertiary/aromatic N) is 1. The number of hydrogen-bond acceptors (Lipinski definition) is 0. The van der Waals surface area contributed by atoms with E-state index < -0.39 is 0 Å². The zero-order chi connectivity index (χ0) is 9.82. The van der Waals surface area contributed by atoms with Crippen LogP contribution >= 0.6 is 0 Å². The molecule has 1 nitrogen and oxygen atoms in total. The molecular formula is C11H28BLaN-2. The first-order chi connectivity index (χ1) is 5.76. The average molecular weight is 324 g/mol. The summed E-state index contributed by atoms with van der Waals surface area (Å²) >= 11 is 0. The Morgan fingerprint density at radius 1 is 0.786 bits per heavy atom. The summed E-state index contributed by atoms with van der Waals surface area (Å²) in [5, 5.41) is 3.97. The van der Waals surface area contributed by atoms with Crippen LogP contribution in [0, 0.1) is 43.0 Å². The second-order valence-corrected chi connectivity index (χ2v) is 2.95. The third-order valence-electron chi connectivity index (χ3n) is 2.18. The Hall–Kier alpha value is 1.22. The van der Waals surface area contributed by atoms with Gasteiger partial charge in [0.15, 0.2) is 0 Å². The fourth-order valence-corrected chi connectivity index (χ4v) is 1.09. The number of hydrogen-bond donors (Lipinski definition) is 0. The van der Waals surface area contributed by atoms with Crippen molar-refractivity contribution in [2.45, 2.75) is 53.6 Å². The van der Waals surface area contributed by atoms with Gasteiger partial charge in [0.2, 0.25) is 0 Å². The molecule has 0 aliphatic rings. The van der Waals surface area contributed by atoms with Gasteiger partial charge in [-0.3, -0.25) is 0 Å². The van der Waals surface area contributed by atoms with Gasteiger partial charge < -0.3 is 12.7 Å². The molecule has 0 spiro atoms. The Kier molecular flexibility index (Phi) is 41.5. The van der Waals surface area contributed by atoms with Crippen molar-refractivity contribution in [3.8, 4) is 0 Å². The van der Waals surface area contributed by atoms with E-state index in [1.165, 1.54) is 19.0 Å². The molecule has 0 atom stereocenters. The Labute approximate surface area is 121 Å². The Morgan fingerprint density at radius 3 is 1.07 bits per heavy atom. The van der Waals surface area contributed by atoms with Crippen molar-refractivity contribution in [3.63, 3.8) is 0 Å². The summed E-state index contributed by atoms with van der Waals surface area (Å²) in [6.45, 7) is 13.8. The van der Waals surface area contributed by atoms with Gasteiger partial charge in [-0.1, -0.05) is 53.6 Å². The molecule has 1 radical (unpaired) electrons. The second kappa shape index (κ2) is 23.8. The SMILES string of the molecule is CCB(CC)CC.CC[N-]CC.[CH3-].[La]. The van der Waals surface area contributed by atoms with Crippen LogP contribution in [-0.4, -0.2) is 19.8 Å². The van der Waals surface area contributed by atoms with Crippen LogP contribution in [0.25, 0.3) is 5.32 Å². The van der Waals surface area contributed by atoms with Gasteiger partial charge >= 0.3 is 0 Å². The standard InChI is InChI=1S/C6H15B.C4H10N.CH3.La/c1-4-7(5-2)6-3;1-3-5-4-2;;/h4-6H2,1-3H3;3-4H2,1-2H3;1H3;/q;2*-1;. The van der Waals surface area contributed by atoms with Crippen LogP contribution in [0.1, 0.15) is 34.6 Å². The molecule has 0 aliphatic heterocycles. The topological polar surface area (TPSA) is 14.1 Å². The largest absolute Gasteiger partial charge is 0.663 e. The zero-order valence-corrected chi connectivity index (χ0v) is 14.8. The van der Waals surface area contributed by atoms with Crippen LogP contribution in [0.4, 0.5) is 0 Å². The summed E-state index contributed by atoms with van der Waals surface area (Å²) in [7, 11) is 0. The predicted molar refractivity (Wildman–Crippen MR) is 68.1 cm³/mol. The van der Waals surface area contributed by atoms with Crippen LogP contribution in [0.5, 0.6) is 0 Å². The molecule has 0 bridgehead atoms. The predicted octanol–water partition coefficient (Wildman–Crippen LogP) is 4.39. The zero-order valence-electron chi connectivity index (χ0n) is 11.1. The quantitative estimate of drug-likeness (QED) is 0.526. The van der Waals surface area contributed by atoms with Gasteiger partial charge in [0.25, 0.3) is 0 Å². The molecular weight excluding hydrogens is 296 g/mol. The van der Waals surface area contributed by atoms with E-state index in [9.17, 15) is 0 Å². The van der Waals surface area contributed by atoms with Gasteiger partial charge in [0.05, 0.1) is 0 Å². The fourth-order valence-electron chi connectivity index (χ4n) is 1.09. The van der Waals surface area contributed by atoms with Crippen molar-refractivity contribution in [1.82, 2.24) is 0 Å². The van der Waals surface area contributed by atoms with Crippen LogP contribution in [0.2, 0.25) is 19.0 Å². The van der Waals surface area contributed by atoms with E-state index in [0.717, 1.165) is 19.8 Å². The fraction of sp³-hybridized carbons (Fsp3) is 0.909. The smallest absolute Gasteiger partial charge is 0.139 e. The molecule has 85 valence electrons. The van der Waals surface area contributed by atoms with Crippen molar-refractivity contribution in [2.24, 2.45) is 0 Å². The van der Waals surface area contributed by atoms with E-state index >= 15 is 0 Å². The molecule has 0 saturated heterocycles. The molecule has 0 fully saturated rings. The van der Waals surface area contributed by atoms with Gasteiger partial charge in [-0.25, -0.2) is 0 Å². The minimum absolute atomic E-state index is 0. The summed E-state index contributed by atoms with van der Waals surface area (Å²) in [6.07, 6.45) is 4.06. The first-order valence-electron chi connectivity index (χ1n) is 5.39. The van der Waals surface area contributed by atoms with Gasteiger partial charge in [0, 0.05) is 35.6 Å². The van der Waals surface area contributed by atoms with Gasteiger partial charge in [-0.15, -0.1) is 0 Å². The van der Waals surface area contributed by atoms with E-state index in [-0.39, 0.29) is 43.0 Å². The summed E-state index contributed by atoms with van der Waals surface area (Å²) < 4.78 is 0. The average Bonchev–Trinajstić information content (AvgIpc) is 2.10. The van der Waals surface area contributed by atoms with Crippen LogP contribution in [-0.2, 0) is 0 Å². The van der Waals surface area contributed by atoms with Crippen LogP contribution in [0.3, 0.4) is 0 Å². The van der Waals surface area contributed by atoms with E-state index in [2.05, 4.69) is 26.1 Å². The molecule has 14 heavy (non-hydrogen) atoms. The van der Waals surface area contributed by atoms with Gasteiger partial charge in [-0.2, -0.15) is 13.1 Å². The molecule has 0 aromatic rings. The monoisotopic (exact) mass is 324 g/mol. The normalized spacial score (nSPS) is 7.50. The first-order valence-corrected chi connectivity index (χ1v) is 5.39. The van der Waals surface area contributed by atoms with E-state index in [1.807, 2.05) is 13.8 Å². The summed E-state index contributed by atoms with van der Waals surface area (Å²) in [4.78, 5) is 0. The third kappa shape index (κ3) is 23.2. The third-order valence-corrected chi connectivity index (χ3v) is 2.18. The van der Waals surface area contributed by atoms with Gasteiger partial charge in [-0.05, 0) is 0 Å². The van der Waals surface area contributed by atoms with Crippen molar-refractivity contribution in [1.29, 1.82) is 0 Å². The van der Waals surface area contributed by atoms with Crippen molar-refractivity contribution in [3.05, 3.63) is 12.7 Å². The second-order valence-electron chi connectivity index (χ2n) is 2.95. The van der Waals surface area contributed by atoms with Crippen LogP contribution < -0.4 is 0 Å². The summed E-state index contributed by atoms with van der Waals surface area (Å²) in [6, 6.07) is 0. The minimum atomic E-state index is 0. The summed E-state index contributed by atoms with van der Waals surface area (Å²) in [5.74, 6) is 0. The van der Waals surface area contributed by atoms with Crippen molar-refractivity contribution >= 4 is 6.71 Å². The maximum absolute atomic E-state index is 3.97. The molecule has 0 rings (SSSR count). The molecule has 3 heteroatoms. The molecule has 0 unspecified atom stereocenters. The molecule has 0 aromatic carbocycles. The molecule has 0 aromatic heterocycles. The molecule has 0 aliphatic carbocycles. The van der Waals surface area contributed by atoms with Crippen molar-refractivity contribution < 1.29 is 35.6 Å². The van der Waals surface area contributed by atoms with Gasteiger partial charge in [0.1, 0.15) is 6.71 Å². The van der Waals surface area contributed by atoms with Crippen molar-refractivity contribution in [2.75, 3.05) is 13.1 Å². The molecule has 0 N–H and O–H groups in total. The molecule has 0 saturated carbocycles. The van der Waals surface area contributed by atoms with E-state index in [0.29, 0.717) is 0 Å². The Balaban J connectivity index is -0.0000000651. The van der Waals surface area contributed by atoms with E-state index in [4.69, 9.17) is 0 Å². The number of rotatable bonds is 5. The molecule has 0 amide bonds. The Bertz CT molecular complexity index is 60.8. The molecule has 0 heterocycles. The van der Waals surface area contributed by atoms with E-state index in [1.54, 1.807) is 0 Å². The first kappa shape index (κ1) is 24.4. The Morgan fingerprint density at radius 2 is 1.07 bits per heavy atom. The minimum Gasteiger partial charge on any atom is -0.663 e. The maximum atomic E-state index is 3.97. The maximum Gasteiger partial charge on any atom is 0.139 e. The summed E-state index contributed by atoms with van der Waals surface area (Å²) in [5.41, 5.74) is 0.